The predicted octanol–water partition coefficient (Wildman–Crippen LogP) is 1.53. The molecule has 1 aliphatic heterocycles. The van der Waals surface area contributed by atoms with Crippen LogP contribution in [0.2, 0.25) is 0 Å². The highest BCUT2D eigenvalue weighted by Crippen LogP contribution is 2.42. The van der Waals surface area contributed by atoms with Crippen LogP contribution in [0.4, 0.5) is 5.69 Å². The molecular weight excluding hydrogens is 280 g/mol. The molecule has 20 heavy (non-hydrogen) atoms. The van der Waals surface area contributed by atoms with Gasteiger partial charge in [-0.05, 0) is 41.5 Å². The zero-order valence-corrected chi connectivity index (χ0v) is 12.0. The van der Waals surface area contributed by atoms with Gasteiger partial charge in [-0.1, -0.05) is 13.8 Å². The van der Waals surface area contributed by atoms with Gasteiger partial charge in [0.1, 0.15) is 11.4 Å². The number of hydrogen-bond acceptors (Lipinski definition) is 4. The molecule has 0 saturated heterocycles. The van der Waals surface area contributed by atoms with E-state index < -0.39 is 16.1 Å². The average Bonchev–Trinajstić information content (AvgIpc) is 2.71. The van der Waals surface area contributed by atoms with Crippen molar-refractivity contribution in [3.8, 4) is 5.75 Å². The lowest BCUT2D eigenvalue weighted by Crippen LogP contribution is -2.29. The fraction of sp³-hybridized carbons (Fsp3) is 0.385. The molecule has 0 saturated carbocycles. The van der Waals surface area contributed by atoms with Gasteiger partial charge in [0.15, 0.2) is 0 Å². The molecule has 0 aromatic heterocycles. The Kier molecular flexibility index (Phi) is 2.50. The summed E-state index contributed by atoms with van der Waals surface area (Å²) < 4.78 is 26.5. The van der Waals surface area contributed by atoms with E-state index in [4.69, 9.17) is 0 Å². The molecule has 1 aromatic carbocycles. The van der Waals surface area contributed by atoms with Crippen LogP contribution in [0.25, 0.3) is 0 Å². The molecule has 1 aromatic rings. The number of hydrogen-bond donors (Lipinski definition) is 3. The highest BCUT2D eigenvalue weighted by Gasteiger charge is 2.34. The Morgan fingerprint density at radius 2 is 1.80 bits per heavy atom. The van der Waals surface area contributed by atoms with Gasteiger partial charge in [0.2, 0.25) is 5.88 Å². The molecule has 3 N–H and O–H groups in total. The summed E-state index contributed by atoms with van der Waals surface area (Å²) in [4.78, 5) is 0. The second kappa shape index (κ2) is 3.82. The summed E-state index contributed by atoms with van der Waals surface area (Å²) in [7, 11) is -3.88. The SMILES string of the molecule is CC1(C)Cc2cc(O)c(N3C=C(O)NS3(=O)=O)cc2C1. The Morgan fingerprint density at radius 3 is 2.35 bits per heavy atom. The minimum atomic E-state index is -3.88. The highest BCUT2D eigenvalue weighted by molar-refractivity contribution is 7.91. The number of benzene rings is 1. The Morgan fingerprint density at radius 1 is 1.20 bits per heavy atom. The first-order chi connectivity index (χ1) is 9.18. The number of aliphatic hydroxyl groups is 1. The summed E-state index contributed by atoms with van der Waals surface area (Å²) in [6.45, 7) is 4.26. The summed E-state index contributed by atoms with van der Waals surface area (Å²) in [6.07, 6.45) is 2.71. The van der Waals surface area contributed by atoms with Crippen molar-refractivity contribution in [3.05, 3.63) is 35.3 Å². The second-order valence-electron chi connectivity index (χ2n) is 6.04. The van der Waals surface area contributed by atoms with Crippen molar-refractivity contribution < 1.29 is 18.6 Å². The largest absolute Gasteiger partial charge is 0.506 e. The molecule has 0 fully saturated rings. The zero-order chi connectivity index (χ0) is 14.7. The molecular formula is C13H16N2O4S. The standard InChI is InChI=1S/C13H16N2O4S/c1-13(2)5-8-3-10(11(16)4-9(8)6-13)15-7-12(17)14-20(15,18)19/h3-4,7,14,16-17H,5-6H2,1-2H3. The fourth-order valence-corrected chi connectivity index (χ4v) is 3.91. The maximum atomic E-state index is 11.8. The van der Waals surface area contributed by atoms with Gasteiger partial charge in [-0.2, -0.15) is 8.42 Å². The number of fused-ring (bicyclic) bond motifs is 1. The molecule has 0 amide bonds. The first-order valence-corrected chi connectivity index (χ1v) is 7.70. The number of phenolic OH excluding ortho intramolecular Hbond substituents is 1. The Labute approximate surface area is 117 Å². The van der Waals surface area contributed by atoms with E-state index in [0.717, 1.165) is 34.5 Å². The molecule has 0 spiro atoms. The third-order valence-corrected chi connectivity index (χ3v) is 4.89. The lowest BCUT2D eigenvalue weighted by Gasteiger charge is -2.16. The zero-order valence-electron chi connectivity index (χ0n) is 11.2. The summed E-state index contributed by atoms with van der Waals surface area (Å²) in [5, 5.41) is 19.4. The Hall–Kier alpha value is -1.89. The van der Waals surface area contributed by atoms with E-state index in [9.17, 15) is 18.6 Å². The van der Waals surface area contributed by atoms with Crippen LogP contribution in [-0.2, 0) is 23.1 Å². The van der Waals surface area contributed by atoms with Crippen molar-refractivity contribution in [2.75, 3.05) is 4.31 Å². The smallest absolute Gasteiger partial charge is 0.330 e. The van der Waals surface area contributed by atoms with E-state index in [-0.39, 0.29) is 16.9 Å². The third-order valence-electron chi connectivity index (χ3n) is 3.60. The number of rotatable bonds is 1. The number of nitrogens with zero attached hydrogens (tertiary/aromatic N) is 1. The molecule has 6 nitrogen and oxygen atoms in total. The van der Waals surface area contributed by atoms with Gasteiger partial charge in [-0.3, -0.25) is 0 Å². The summed E-state index contributed by atoms with van der Waals surface area (Å²) >= 11 is 0. The van der Waals surface area contributed by atoms with Crippen LogP contribution in [0.5, 0.6) is 5.75 Å². The molecule has 0 radical (unpaired) electrons. The van der Waals surface area contributed by atoms with E-state index in [1.54, 1.807) is 12.1 Å². The number of phenols is 1. The van der Waals surface area contributed by atoms with Gasteiger partial charge in [-0.25, -0.2) is 9.03 Å². The minimum Gasteiger partial charge on any atom is -0.506 e. The second-order valence-corrected chi connectivity index (χ2v) is 7.59. The van der Waals surface area contributed by atoms with Gasteiger partial charge in [-0.15, -0.1) is 0 Å². The molecule has 0 atom stereocenters. The van der Waals surface area contributed by atoms with Crippen LogP contribution < -0.4 is 9.03 Å². The van der Waals surface area contributed by atoms with Gasteiger partial charge in [0.25, 0.3) is 0 Å². The first-order valence-electron chi connectivity index (χ1n) is 6.26. The van der Waals surface area contributed by atoms with Crippen LogP contribution in [-0.4, -0.2) is 18.6 Å². The topological polar surface area (TPSA) is 89.9 Å². The normalized spacial score (nSPS) is 22.3. The fourth-order valence-electron chi connectivity index (χ4n) is 2.85. The number of aliphatic hydroxyl groups excluding tert-OH is 1. The molecule has 0 unspecified atom stereocenters. The van der Waals surface area contributed by atoms with Crippen molar-refractivity contribution in [2.45, 2.75) is 26.7 Å². The van der Waals surface area contributed by atoms with Gasteiger partial charge >= 0.3 is 10.2 Å². The molecule has 1 aliphatic carbocycles. The van der Waals surface area contributed by atoms with Crippen LogP contribution in [0.3, 0.4) is 0 Å². The molecule has 1 heterocycles. The first kappa shape index (κ1) is 13.1. The van der Waals surface area contributed by atoms with Gasteiger partial charge < -0.3 is 10.2 Å². The van der Waals surface area contributed by atoms with Crippen LogP contribution >= 0.6 is 0 Å². The van der Waals surface area contributed by atoms with Crippen molar-refractivity contribution in [3.63, 3.8) is 0 Å². The third kappa shape index (κ3) is 1.98. The number of aromatic hydroxyl groups is 1. The minimum absolute atomic E-state index is 0.105. The van der Waals surface area contributed by atoms with Crippen LogP contribution in [0, 0.1) is 5.41 Å². The monoisotopic (exact) mass is 296 g/mol. The number of anilines is 1. The predicted molar refractivity (Wildman–Crippen MR) is 74.5 cm³/mol. The average molecular weight is 296 g/mol. The van der Waals surface area contributed by atoms with Gasteiger partial charge in [0.05, 0.1) is 6.20 Å². The van der Waals surface area contributed by atoms with E-state index in [0.29, 0.717) is 0 Å². The van der Waals surface area contributed by atoms with Crippen molar-refractivity contribution in [1.29, 1.82) is 0 Å². The Bertz CT molecular complexity index is 722. The summed E-state index contributed by atoms with van der Waals surface area (Å²) in [5.41, 5.74) is 2.32. The van der Waals surface area contributed by atoms with Crippen molar-refractivity contribution >= 4 is 15.9 Å². The molecule has 7 heteroatoms. The van der Waals surface area contributed by atoms with E-state index in [1.807, 2.05) is 4.72 Å². The van der Waals surface area contributed by atoms with E-state index in [2.05, 4.69) is 13.8 Å². The molecule has 3 rings (SSSR count). The maximum absolute atomic E-state index is 11.8. The van der Waals surface area contributed by atoms with Crippen LogP contribution in [0.1, 0.15) is 25.0 Å². The molecule has 0 bridgehead atoms. The maximum Gasteiger partial charge on any atom is 0.330 e. The van der Waals surface area contributed by atoms with Crippen molar-refractivity contribution in [2.24, 2.45) is 5.41 Å². The quantitative estimate of drug-likeness (QED) is 0.733. The molecule has 108 valence electrons. The summed E-state index contributed by atoms with van der Waals surface area (Å²) in [5.74, 6) is -0.581. The lowest BCUT2D eigenvalue weighted by atomic mass is 9.90. The van der Waals surface area contributed by atoms with Crippen LogP contribution in [0.15, 0.2) is 24.2 Å². The Balaban J connectivity index is 2.10. The van der Waals surface area contributed by atoms with E-state index >= 15 is 0 Å². The lowest BCUT2D eigenvalue weighted by molar-refractivity contribution is 0.392. The van der Waals surface area contributed by atoms with E-state index in [1.165, 1.54) is 0 Å². The molecule has 2 aliphatic rings. The summed E-state index contributed by atoms with van der Waals surface area (Å²) in [6, 6.07) is 3.28. The number of nitrogens with one attached hydrogen (secondary N) is 1. The highest BCUT2D eigenvalue weighted by atomic mass is 32.2. The van der Waals surface area contributed by atoms with Crippen molar-refractivity contribution in [1.82, 2.24) is 4.72 Å². The van der Waals surface area contributed by atoms with Gasteiger partial charge in [0, 0.05) is 0 Å².